The third-order valence-electron chi connectivity index (χ3n) is 9.56. The molecule has 0 radical (unpaired) electrons. The molecule has 4 heterocycles. The van der Waals surface area contributed by atoms with Crippen LogP contribution < -0.4 is 15.4 Å². The maximum atomic E-state index is 13.4. The normalized spacial score (nSPS) is 18.9. The highest BCUT2D eigenvalue weighted by molar-refractivity contribution is 5.89. The first-order valence-electron chi connectivity index (χ1n) is 17.0. The fourth-order valence-electron chi connectivity index (χ4n) is 6.67. The first kappa shape index (κ1) is 34.3. The van der Waals surface area contributed by atoms with Crippen molar-refractivity contribution in [3.8, 4) is 5.75 Å². The zero-order valence-corrected chi connectivity index (χ0v) is 29.6. The summed E-state index contributed by atoms with van der Waals surface area (Å²) in [7, 11) is 2.16. The Morgan fingerprint density at radius 2 is 1.67 bits per heavy atom. The highest BCUT2D eigenvalue weighted by Crippen LogP contribution is 2.39. The maximum absolute atomic E-state index is 13.4. The molecule has 1 fully saturated rings. The molecule has 0 spiro atoms. The number of rotatable bonds is 8. The fraction of sp³-hybridized carbons (Fsp3) is 0.486. The Labute approximate surface area is 288 Å². The van der Waals surface area contributed by atoms with Crippen molar-refractivity contribution in [2.24, 2.45) is 0 Å². The van der Waals surface area contributed by atoms with Crippen LogP contribution in [0.4, 0.5) is 10.5 Å². The van der Waals surface area contributed by atoms with Crippen LogP contribution >= 0.6 is 0 Å². The zero-order chi connectivity index (χ0) is 34.9. The number of nitrogens with one attached hydrogen (secondary N) is 2. The van der Waals surface area contributed by atoms with Gasteiger partial charge in [-0.15, -0.1) is 10.2 Å². The molecule has 2 atom stereocenters. The molecule has 1 aromatic carbocycles. The molecule has 12 heteroatoms. The Bertz CT molecular complexity index is 1820. The molecule has 3 aromatic heterocycles. The third-order valence-corrected chi connectivity index (χ3v) is 9.56. The highest BCUT2D eigenvalue weighted by Gasteiger charge is 2.35. The van der Waals surface area contributed by atoms with Gasteiger partial charge in [0.05, 0.1) is 23.5 Å². The van der Waals surface area contributed by atoms with Gasteiger partial charge in [-0.25, -0.2) is 4.79 Å². The summed E-state index contributed by atoms with van der Waals surface area (Å²) in [4.78, 5) is 34.3. The number of anilines is 1. The predicted molar refractivity (Wildman–Crippen MR) is 187 cm³/mol. The predicted octanol–water partition coefficient (Wildman–Crippen LogP) is 5.74. The van der Waals surface area contributed by atoms with Crippen LogP contribution in [0.15, 0.2) is 54.7 Å². The van der Waals surface area contributed by atoms with E-state index in [1.54, 1.807) is 6.07 Å². The van der Waals surface area contributed by atoms with Crippen LogP contribution in [-0.2, 0) is 27.1 Å². The number of nitrogens with zero attached hydrogens (tertiary/aromatic N) is 6. The van der Waals surface area contributed by atoms with E-state index in [9.17, 15) is 9.59 Å². The number of esters is 1. The molecule has 260 valence electrons. The van der Waals surface area contributed by atoms with E-state index >= 15 is 0 Å². The van der Waals surface area contributed by atoms with E-state index in [2.05, 4.69) is 73.0 Å². The zero-order valence-electron chi connectivity index (χ0n) is 29.6. The number of amides is 2. The molecule has 2 N–H and O–H groups in total. The van der Waals surface area contributed by atoms with Crippen molar-refractivity contribution >= 4 is 23.3 Å². The molecule has 4 aromatic rings. The Hall–Kier alpha value is -4.55. The minimum atomic E-state index is -0.386. The van der Waals surface area contributed by atoms with E-state index in [-0.39, 0.29) is 41.7 Å². The monoisotopic (exact) mass is 668 g/mol. The van der Waals surface area contributed by atoms with Crippen LogP contribution in [0.1, 0.15) is 94.9 Å². The van der Waals surface area contributed by atoms with E-state index < -0.39 is 0 Å². The summed E-state index contributed by atoms with van der Waals surface area (Å²) in [5.74, 6) is 1.24. The molecule has 6 rings (SSSR count). The Balaban J connectivity index is 1.17. The first-order chi connectivity index (χ1) is 23.3. The smallest absolute Gasteiger partial charge is 0.319 e. The van der Waals surface area contributed by atoms with E-state index in [4.69, 9.17) is 9.47 Å². The molecule has 2 amide bonds. The lowest BCUT2D eigenvalue weighted by molar-refractivity contribution is -0.142. The average molecular weight is 669 g/mol. The summed E-state index contributed by atoms with van der Waals surface area (Å²) in [6, 6.07) is 15.1. The average Bonchev–Trinajstić information content (AvgIpc) is 3.49. The minimum absolute atomic E-state index is 0.0343. The second-order valence-electron chi connectivity index (χ2n) is 14.7. The number of urea groups is 1. The summed E-state index contributed by atoms with van der Waals surface area (Å²) in [6.07, 6.45) is 3.24. The van der Waals surface area contributed by atoms with Gasteiger partial charge in [-0.3, -0.25) is 19.1 Å². The molecule has 0 saturated carbocycles. The third kappa shape index (κ3) is 7.70. The van der Waals surface area contributed by atoms with Gasteiger partial charge in [0.15, 0.2) is 11.5 Å². The van der Waals surface area contributed by atoms with E-state index in [0.717, 1.165) is 66.6 Å². The van der Waals surface area contributed by atoms with Crippen LogP contribution in [0.5, 0.6) is 5.75 Å². The lowest BCUT2D eigenvalue weighted by Crippen LogP contribution is -2.52. The molecule has 0 bridgehead atoms. The Kier molecular flexibility index (Phi) is 9.63. The van der Waals surface area contributed by atoms with Gasteiger partial charge in [0.2, 0.25) is 0 Å². The number of carbonyl (C=O) groups excluding carboxylic acids is 2. The highest BCUT2D eigenvalue weighted by atomic mass is 16.5. The topological polar surface area (TPSA) is 126 Å². The second kappa shape index (κ2) is 13.8. The van der Waals surface area contributed by atoms with Gasteiger partial charge in [0.25, 0.3) is 0 Å². The largest absolute Gasteiger partial charge is 0.484 e. The van der Waals surface area contributed by atoms with E-state index in [0.29, 0.717) is 17.8 Å². The lowest BCUT2D eigenvalue weighted by atomic mass is 9.85. The van der Waals surface area contributed by atoms with E-state index in [1.165, 1.54) is 6.92 Å². The SMILES string of the molecule is CC(=O)OCc1cc(NC(=O)NC2CCC(Oc3ccc4nnc(C(C)(C)N5CCN(C)CC5)n4c3)c3ccccc32)cc(C(C)(C)C)n1. The van der Waals surface area contributed by atoms with Gasteiger partial charge in [-0.2, -0.15) is 0 Å². The number of likely N-dealkylation sites (N-methyl/N-ethyl adjacent to an activating group) is 1. The second-order valence-corrected chi connectivity index (χ2v) is 14.7. The van der Waals surface area contributed by atoms with Crippen LogP contribution in [0, 0.1) is 0 Å². The Morgan fingerprint density at radius 3 is 2.39 bits per heavy atom. The number of aromatic nitrogens is 4. The molecule has 12 nitrogen and oxygen atoms in total. The van der Waals surface area contributed by atoms with Crippen molar-refractivity contribution in [1.29, 1.82) is 0 Å². The van der Waals surface area contributed by atoms with Crippen molar-refractivity contribution in [2.45, 2.75) is 84.1 Å². The van der Waals surface area contributed by atoms with Crippen LogP contribution in [0.3, 0.4) is 0 Å². The summed E-state index contributed by atoms with van der Waals surface area (Å²) < 4.78 is 13.9. The number of carbonyl (C=O) groups is 2. The summed E-state index contributed by atoms with van der Waals surface area (Å²) in [5.41, 5.74) is 4.23. The van der Waals surface area contributed by atoms with Crippen molar-refractivity contribution in [3.63, 3.8) is 0 Å². The molecule has 1 saturated heterocycles. The van der Waals surface area contributed by atoms with Gasteiger partial charge in [0.1, 0.15) is 18.5 Å². The summed E-state index contributed by atoms with van der Waals surface area (Å²) in [6.45, 7) is 15.9. The van der Waals surface area contributed by atoms with Crippen LogP contribution in [0.2, 0.25) is 0 Å². The fourth-order valence-corrected chi connectivity index (χ4v) is 6.67. The maximum Gasteiger partial charge on any atom is 0.319 e. The van der Waals surface area contributed by atoms with Crippen LogP contribution in [-0.4, -0.2) is 74.6 Å². The van der Waals surface area contributed by atoms with Gasteiger partial charge >= 0.3 is 12.0 Å². The van der Waals surface area contributed by atoms with Crippen molar-refractivity contribution in [3.05, 3.63) is 83.1 Å². The number of fused-ring (bicyclic) bond motifs is 2. The standard InChI is InChI=1S/C37H48N8O4/c1-24(46)48-23-26-20-25(21-32(38-26)36(2,3)4)39-35(47)40-30-13-14-31(29-11-9-8-10-28(29)30)49-27-12-15-33-41-42-34(45(33)22-27)37(5,6)44-18-16-43(7)17-19-44/h8-12,15,20-22,30-31H,13-14,16-19,23H2,1-7H3,(H2,38,39,40,47). The number of piperazine rings is 1. The molecule has 49 heavy (non-hydrogen) atoms. The molecule has 2 unspecified atom stereocenters. The summed E-state index contributed by atoms with van der Waals surface area (Å²) >= 11 is 0. The molecular formula is C37H48N8O4. The van der Waals surface area contributed by atoms with Gasteiger partial charge in [0, 0.05) is 49.9 Å². The number of pyridine rings is 2. The van der Waals surface area contributed by atoms with E-state index in [1.807, 2.05) is 57.3 Å². The van der Waals surface area contributed by atoms with Crippen molar-refractivity contribution in [2.75, 3.05) is 38.5 Å². The van der Waals surface area contributed by atoms with Crippen LogP contribution in [0.25, 0.3) is 5.65 Å². The minimum Gasteiger partial charge on any atom is -0.484 e. The summed E-state index contributed by atoms with van der Waals surface area (Å²) in [5, 5.41) is 15.3. The van der Waals surface area contributed by atoms with Gasteiger partial charge < -0.3 is 25.0 Å². The quantitative estimate of drug-likeness (QED) is 0.226. The molecule has 1 aliphatic carbocycles. The number of benzene rings is 1. The Morgan fingerprint density at radius 1 is 0.939 bits per heavy atom. The number of hydrogen-bond donors (Lipinski definition) is 2. The van der Waals surface area contributed by atoms with Crippen molar-refractivity contribution in [1.82, 2.24) is 34.7 Å². The first-order valence-corrected chi connectivity index (χ1v) is 17.0. The molecular weight excluding hydrogens is 620 g/mol. The molecule has 2 aliphatic rings. The molecule has 1 aliphatic heterocycles. The van der Waals surface area contributed by atoms with Gasteiger partial charge in [-0.05, 0) is 69.1 Å². The lowest BCUT2D eigenvalue weighted by Gasteiger charge is -2.42. The number of ether oxygens (including phenoxy) is 2. The van der Waals surface area contributed by atoms with Crippen molar-refractivity contribution < 1.29 is 19.1 Å². The van der Waals surface area contributed by atoms with Gasteiger partial charge in [-0.1, -0.05) is 45.0 Å². The number of hydrogen-bond acceptors (Lipinski definition) is 9.